The van der Waals surface area contributed by atoms with E-state index in [9.17, 15) is 9.59 Å². The van der Waals surface area contributed by atoms with Crippen LogP contribution in [0.2, 0.25) is 0 Å². The molecule has 1 aromatic rings. The number of hydrogen-bond donors (Lipinski definition) is 3. The molecule has 1 heterocycles. The maximum absolute atomic E-state index is 11.5. The molecule has 0 aliphatic rings. The number of carbonyl (C=O) groups excluding carboxylic acids is 2. The van der Waals surface area contributed by atoms with Gasteiger partial charge in [0.05, 0.1) is 19.0 Å². The quantitative estimate of drug-likeness (QED) is 0.488. The van der Waals surface area contributed by atoms with E-state index in [0.29, 0.717) is 18.1 Å². The summed E-state index contributed by atoms with van der Waals surface area (Å²) in [4.78, 5) is 26.9. The second-order valence-corrected chi connectivity index (χ2v) is 3.76. The van der Waals surface area contributed by atoms with Crippen LogP contribution in [0.25, 0.3) is 0 Å². The smallest absolute Gasteiger partial charge is 0.313 e. The minimum Gasteiger partial charge on any atom is -0.481 e. The van der Waals surface area contributed by atoms with Crippen molar-refractivity contribution in [3.05, 3.63) is 18.3 Å². The third-order valence-electron chi connectivity index (χ3n) is 2.30. The Hall–Kier alpha value is -2.15. The molecule has 0 spiro atoms. The third kappa shape index (κ3) is 5.35. The van der Waals surface area contributed by atoms with Crippen LogP contribution in [0.3, 0.4) is 0 Å². The fourth-order valence-electron chi connectivity index (χ4n) is 1.31. The summed E-state index contributed by atoms with van der Waals surface area (Å²) < 4.78 is 4.89. The number of pyridine rings is 1. The molecule has 0 fully saturated rings. The zero-order valence-corrected chi connectivity index (χ0v) is 11.0. The van der Waals surface area contributed by atoms with Crippen molar-refractivity contribution in [2.75, 3.05) is 32.6 Å². The highest BCUT2D eigenvalue weighted by Gasteiger charge is 2.12. The van der Waals surface area contributed by atoms with Gasteiger partial charge in [0.1, 0.15) is 0 Å². The molecule has 7 nitrogen and oxygen atoms in total. The minimum absolute atomic E-state index is 0.439. The van der Waals surface area contributed by atoms with Crippen LogP contribution in [0.4, 0.5) is 5.69 Å². The lowest BCUT2D eigenvalue weighted by atomic mass is 10.4. The number of anilines is 1. The molecule has 0 aromatic carbocycles. The Morgan fingerprint density at radius 3 is 2.63 bits per heavy atom. The van der Waals surface area contributed by atoms with Crippen LogP contribution in [-0.2, 0) is 9.59 Å². The zero-order chi connectivity index (χ0) is 14.1. The van der Waals surface area contributed by atoms with Crippen molar-refractivity contribution >= 4 is 17.5 Å². The van der Waals surface area contributed by atoms with E-state index >= 15 is 0 Å². The second kappa shape index (κ2) is 8.04. The number of nitrogens with zero attached hydrogens (tertiary/aromatic N) is 1. The molecule has 0 unspecified atom stereocenters. The largest absolute Gasteiger partial charge is 0.481 e. The van der Waals surface area contributed by atoms with Gasteiger partial charge in [0.15, 0.2) is 0 Å². The van der Waals surface area contributed by atoms with Crippen molar-refractivity contribution in [2.45, 2.75) is 6.42 Å². The SMILES string of the molecule is CNCCCNC(=O)C(=O)Nc1ccc(OC)nc1. The van der Waals surface area contributed by atoms with Gasteiger partial charge in [-0.1, -0.05) is 0 Å². The first-order valence-corrected chi connectivity index (χ1v) is 5.91. The van der Waals surface area contributed by atoms with Crippen LogP contribution >= 0.6 is 0 Å². The number of methoxy groups -OCH3 is 1. The molecule has 0 aliphatic heterocycles. The average molecular weight is 266 g/mol. The van der Waals surface area contributed by atoms with Crippen molar-refractivity contribution < 1.29 is 14.3 Å². The first-order valence-electron chi connectivity index (χ1n) is 5.91. The summed E-state index contributed by atoms with van der Waals surface area (Å²) in [5.74, 6) is -0.933. The normalized spacial score (nSPS) is 9.79. The maximum atomic E-state index is 11.5. The summed E-state index contributed by atoms with van der Waals surface area (Å²) in [7, 11) is 3.32. The summed E-state index contributed by atoms with van der Waals surface area (Å²) in [5, 5.41) is 7.92. The Bertz CT molecular complexity index is 419. The third-order valence-corrected chi connectivity index (χ3v) is 2.30. The van der Waals surface area contributed by atoms with Crippen molar-refractivity contribution in [3.8, 4) is 5.88 Å². The molecule has 0 atom stereocenters. The first kappa shape index (κ1) is 14.9. The summed E-state index contributed by atoms with van der Waals surface area (Å²) in [5.41, 5.74) is 0.441. The predicted molar refractivity (Wildman–Crippen MR) is 71.0 cm³/mol. The van der Waals surface area contributed by atoms with Crippen molar-refractivity contribution in [1.29, 1.82) is 0 Å². The molecule has 1 aromatic heterocycles. The van der Waals surface area contributed by atoms with Crippen LogP contribution < -0.4 is 20.7 Å². The number of ether oxygens (including phenoxy) is 1. The molecule has 0 aliphatic carbocycles. The van der Waals surface area contributed by atoms with Gasteiger partial charge in [0.25, 0.3) is 0 Å². The van der Waals surface area contributed by atoms with Gasteiger partial charge in [0, 0.05) is 12.6 Å². The highest BCUT2D eigenvalue weighted by Crippen LogP contribution is 2.10. The molecule has 104 valence electrons. The lowest BCUT2D eigenvalue weighted by molar-refractivity contribution is -0.136. The highest BCUT2D eigenvalue weighted by atomic mass is 16.5. The van der Waals surface area contributed by atoms with Gasteiger partial charge in [-0.05, 0) is 26.1 Å². The van der Waals surface area contributed by atoms with E-state index in [1.165, 1.54) is 13.3 Å². The molecule has 0 saturated heterocycles. The van der Waals surface area contributed by atoms with Gasteiger partial charge < -0.3 is 20.7 Å². The van der Waals surface area contributed by atoms with Crippen LogP contribution in [0.15, 0.2) is 18.3 Å². The standard InChI is InChI=1S/C12H18N4O3/c1-13-6-3-7-14-11(17)12(18)16-9-4-5-10(19-2)15-8-9/h4-5,8,13H,3,6-7H2,1-2H3,(H,14,17)(H,16,18). The fraction of sp³-hybridized carbons (Fsp3) is 0.417. The fourth-order valence-corrected chi connectivity index (χ4v) is 1.31. The Morgan fingerprint density at radius 1 is 1.26 bits per heavy atom. The average Bonchev–Trinajstić information content (AvgIpc) is 2.44. The van der Waals surface area contributed by atoms with Crippen LogP contribution in [0.5, 0.6) is 5.88 Å². The molecule has 3 N–H and O–H groups in total. The number of carbonyl (C=O) groups is 2. The van der Waals surface area contributed by atoms with E-state index in [4.69, 9.17) is 4.74 Å². The molecular formula is C12H18N4O3. The summed E-state index contributed by atoms with van der Waals surface area (Å²) in [6.07, 6.45) is 2.19. The lowest BCUT2D eigenvalue weighted by Crippen LogP contribution is -2.36. The summed E-state index contributed by atoms with van der Waals surface area (Å²) >= 11 is 0. The molecule has 19 heavy (non-hydrogen) atoms. The van der Waals surface area contributed by atoms with Gasteiger partial charge in [-0.25, -0.2) is 4.98 Å². The van der Waals surface area contributed by atoms with Crippen molar-refractivity contribution in [1.82, 2.24) is 15.6 Å². The lowest BCUT2D eigenvalue weighted by Gasteiger charge is -2.06. The van der Waals surface area contributed by atoms with Crippen LogP contribution in [0, 0.1) is 0 Å². The molecule has 0 bridgehead atoms. The molecule has 0 radical (unpaired) electrons. The minimum atomic E-state index is -0.712. The Labute approximate surface area is 111 Å². The molecule has 2 amide bonds. The Balaban J connectivity index is 2.38. The monoisotopic (exact) mass is 266 g/mol. The zero-order valence-electron chi connectivity index (χ0n) is 11.0. The second-order valence-electron chi connectivity index (χ2n) is 3.76. The number of hydrogen-bond acceptors (Lipinski definition) is 5. The van der Waals surface area contributed by atoms with E-state index in [-0.39, 0.29) is 0 Å². The number of amides is 2. The number of nitrogens with one attached hydrogen (secondary N) is 3. The highest BCUT2D eigenvalue weighted by molar-refractivity contribution is 6.39. The first-order chi connectivity index (χ1) is 9.17. The van der Waals surface area contributed by atoms with E-state index in [1.54, 1.807) is 12.1 Å². The predicted octanol–water partition coefficient (Wildman–Crippen LogP) is -0.246. The van der Waals surface area contributed by atoms with Gasteiger partial charge in [-0.2, -0.15) is 0 Å². The van der Waals surface area contributed by atoms with Crippen molar-refractivity contribution in [2.24, 2.45) is 0 Å². The number of aromatic nitrogens is 1. The summed E-state index contributed by atoms with van der Waals surface area (Å²) in [6, 6.07) is 3.21. The summed E-state index contributed by atoms with van der Waals surface area (Å²) in [6.45, 7) is 1.23. The van der Waals surface area contributed by atoms with E-state index in [0.717, 1.165) is 13.0 Å². The van der Waals surface area contributed by atoms with E-state index < -0.39 is 11.8 Å². The van der Waals surface area contributed by atoms with E-state index in [1.807, 2.05) is 7.05 Å². The van der Waals surface area contributed by atoms with E-state index in [2.05, 4.69) is 20.9 Å². The molecule has 7 heteroatoms. The Kier molecular flexibility index (Phi) is 6.31. The van der Waals surface area contributed by atoms with Gasteiger partial charge in [0.2, 0.25) is 5.88 Å². The maximum Gasteiger partial charge on any atom is 0.313 e. The van der Waals surface area contributed by atoms with Crippen LogP contribution in [-0.4, -0.2) is 44.0 Å². The molecule has 1 rings (SSSR count). The van der Waals surface area contributed by atoms with Gasteiger partial charge in [-0.15, -0.1) is 0 Å². The van der Waals surface area contributed by atoms with Gasteiger partial charge >= 0.3 is 11.8 Å². The Morgan fingerprint density at radius 2 is 2.05 bits per heavy atom. The number of rotatable bonds is 6. The topological polar surface area (TPSA) is 92.3 Å². The van der Waals surface area contributed by atoms with Gasteiger partial charge in [-0.3, -0.25) is 9.59 Å². The molecular weight excluding hydrogens is 248 g/mol. The van der Waals surface area contributed by atoms with Crippen molar-refractivity contribution in [3.63, 3.8) is 0 Å². The van der Waals surface area contributed by atoms with Crippen LogP contribution in [0.1, 0.15) is 6.42 Å². The molecule has 0 saturated carbocycles.